The molecule has 0 saturated carbocycles. The summed E-state index contributed by atoms with van der Waals surface area (Å²) < 4.78 is 12.3. The molecular formula is C9H9FN2O. The highest BCUT2D eigenvalue weighted by atomic mass is 19.1. The molecule has 0 radical (unpaired) electrons. The topological polar surface area (TPSA) is 42.0 Å². The van der Waals surface area contributed by atoms with E-state index in [1.807, 2.05) is 0 Å². The lowest BCUT2D eigenvalue weighted by Gasteiger charge is -1.99. The van der Waals surface area contributed by atoms with Crippen LogP contribution in [-0.2, 0) is 4.79 Å². The van der Waals surface area contributed by atoms with Crippen LogP contribution < -0.4 is 5.32 Å². The maximum absolute atomic E-state index is 12.3. The second kappa shape index (κ2) is 4.35. The van der Waals surface area contributed by atoms with Crippen LogP contribution in [0, 0.1) is 5.95 Å². The van der Waals surface area contributed by atoms with Crippen LogP contribution in [0.25, 0.3) is 0 Å². The quantitative estimate of drug-likeness (QED) is 0.556. The van der Waals surface area contributed by atoms with Gasteiger partial charge >= 0.3 is 0 Å². The number of amides is 1. The summed E-state index contributed by atoms with van der Waals surface area (Å²) in [5.41, 5.74) is 0.476. The third kappa shape index (κ3) is 3.02. The second-order valence-electron chi connectivity index (χ2n) is 2.36. The van der Waals surface area contributed by atoms with Gasteiger partial charge in [0, 0.05) is 0 Å². The minimum absolute atomic E-state index is 0.254. The van der Waals surface area contributed by atoms with E-state index in [1.165, 1.54) is 24.4 Å². The van der Waals surface area contributed by atoms with Gasteiger partial charge in [0.05, 0.1) is 11.9 Å². The van der Waals surface area contributed by atoms with Crippen LogP contribution in [0.3, 0.4) is 0 Å². The predicted molar refractivity (Wildman–Crippen MR) is 47.6 cm³/mol. The minimum Gasteiger partial charge on any atom is -0.321 e. The number of aromatic nitrogens is 1. The highest BCUT2D eigenvalue weighted by Gasteiger charge is 1.97. The van der Waals surface area contributed by atoms with Gasteiger partial charge in [0.2, 0.25) is 11.9 Å². The number of nitrogens with one attached hydrogen (secondary N) is 1. The van der Waals surface area contributed by atoms with Crippen LogP contribution in [0.2, 0.25) is 0 Å². The summed E-state index contributed by atoms with van der Waals surface area (Å²) in [7, 11) is 0. The number of anilines is 1. The number of allylic oxidation sites excluding steroid dienone is 1. The van der Waals surface area contributed by atoms with Gasteiger partial charge in [-0.25, -0.2) is 4.98 Å². The molecule has 13 heavy (non-hydrogen) atoms. The Bertz CT molecular complexity index is 319. The van der Waals surface area contributed by atoms with Gasteiger partial charge in [0.25, 0.3) is 0 Å². The standard InChI is InChI=1S/C9H9FN2O/c1-2-3-9(13)12-7-4-5-8(10)11-6-7/h2-6H,1H3,(H,12,13)/b3-2+. The zero-order chi connectivity index (χ0) is 9.68. The zero-order valence-electron chi connectivity index (χ0n) is 7.12. The van der Waals surface area contributed by atoms with Crippen LogP contribution in [0.15, 0.2) is 30.5 Å². The number of nitrogens with zero attached hydrogens (tertiary/aromatic N) is 1. The first kappa shape index (κ1) is 9.38. The SMILES string of the molecule is C/C=C/C(=O)Nc1ccc(F)nc1. The smallest absolute Gasteiger partial charge is 0.248 e. The molecule has 1 N–H and O–H groups in total. The number of pyridine rings is 1. The summed E-state index contributed by atoms with van der Waals surface area (Å²) in [5, 5.41) is 2.52. The molecule has 0 aliphatic rings. The number of hydrogen-bond donors (Lipinski definition) is 1. The predicted octanol–water partition coefficient (Wildman–Crippen LogP) is 1.74. The largest absolute Gasteiger partial charge is 0.321 e. The number of carbonyl (C=O) groups excluding carboxylic acids is 1. The van der Waals surface area contributed by atoms with E-state index in [4.69, 9.17) is 0 Å². The van der Waals surface area contributed by atoms with Crippen molar-refractivity contribution in [3.05, 3.63) is 36.4 Å². The number of hydrogen-bond acceptors (Lipinski definition) is 2. The molecule has 0 unspecified atom stereocenters. The van der Waals surface area contributed by atoms with Gasteiger partial charge in [0.15, 0.2) is 0 Å². The normalized spacial score (nSPS) is 10.3. The van der Waals surface area contributed by atoms with Gasteiger partial charge in [-0.1, -0.05) is 6.08 Å². The van der Waals surface area contributed by atoms with Crippen LogP contribution >= 0.6 is 0 Å². The minimum atomic E-state index is -0.566. The third-order valence-electron chi connectivity index (χ3n) is 1.31. The highest BCUT2D eigenvalue weighted by Crippen LogP contribution is 2.04. The molecule has 1 rings (SSSR count). The fourth-order valence-corrected chi connectivity index (χ4v) is 0.785. The molecule has 0 bridgehead atoms. The molecule has 4 heteroatoms. The summed E-state index contributed by atoms with van der Waals surface area (Å²) in [5.74, 6) is -0.819. The monoisotopic (exact) mass is 180 g/mol. The lowest BCUT2D eigenvalue weighted by molar-refractivity contribution is -0.111. The van der Waals surface area contributed by atoms with Gasteiger partial charge in [0.1, 0.15) is 0 Å². The Morgan fingerprint density at radius 3 is 2.92 bits per heavy atom. The Morgan fingerprint density at radius 2 is 2.38 bits per heavy atom. The van der Waals surface area contributed by atoms with Crippen molar-refractivity contribution in [2.75, 3.05) is 5.32 Å². The van der Waals surface area contributed by atoms with Gasteiger partial charge in [-0.2, -0.15) is 4.39 Å². The lowest BCUT2D eigenvalue weighted by atomic mass is 10.4. The zero-order valence-corrected chi connectivity index (χ0v) is 7.12. The molecule has 0 spiro atoms. The molecule has 1 heterocycles. The van der Waals surface area contributed by atoms with Gasteiger partial charge in [-0.05, 0) is 25.1 Å². The summed E-state index contributed by atoms with van der Waals surface area (Å²) in [6.07, 6.45) is 4.26. The first-order chi connectivity index (χ1) is 6.22. The van der Waals surface area contributed by atoms with E-state index in [0.29, 0.717) is 5.69 Å². The number of halogens is 1. The fraction of sp³-hybridized carbons (Fsp3) is 0.111. The Labute approximate surface area is 75.3 Å². The van der Waals surface area contributed by atoms with Crippen LogP contribution in [0.1, 0.15) is 6.92 Å². The fourth-order valence-electron chi connectivity index (χ4n) is 0.785. The van der Waals surface area contributed by atoms with E-state index in [-0.39, 0.29) is 5.91 Å². The summed E-state index contributed by atoms with van der Waals surface area (Å²) >= 11 is 0. The van der Waals surface area contributed by atoms with E-state index in [9.17, 15) is 9.18 Å². The second-order valence-corrected chi connectivity index (χ2v) is 2.36. The molecule has 1 amide bonds. The van der Waals surface area contributed by atoms with Gasteiger partial charge in [-0.15, -0.1) is 0 Å². The molecule has 0 fully saturated rings. The molecule has 0 aliphatic carbocycles. The van der Waals surface area contributed by atoms with Gasteiger partial charge < -0.3 is 5.32 Å². The molecule has 1 aromatic rings. The molecule has 0 saturated heterocycles. The van der Waals surface area contributed by atoms with E-state index < -0.39 is 5.95 Å². The Hall–Kier alpha value is -1.71. The maximum Gasteiger partial charge on any atom is 0.248 e. The van der Waals surface area contributed by atoms with Crippen molar-refractivity contribution >= 4 is 11.6 Å². The maximum atomic E-state index is 12.3. The van der Waals surface area contributed by atoms with Crippen molar-refractivity contribution < 1.29 is 9.18 Å². The lowest BCUT2D eigenvalue weighted by Crippen LogP contribution is -2.07. The average molecular weight is 180 g/mol. The van der Waals surface area contributed by atoms with Crippen molar-refractivity contribution in [1.29, 1.82) is 0 Å². The van der Waals surface area contributed by atoms with Crippen molar-refractivity contribution in [1.82, 2.24) is 4.98 Å². The van der Waals surface area contributed by atoms with E-state index in [0.717, 1.165) is 0 Å². The highest BCUT2D eigenvalue weighted by molar-refractivity contribution is 5.99. The van der Waals surface area contributed by atoms with E-state index in [2.05, 4.69) is 10.3 Å². The van der Waals surface area contributed by atoms with Crippen molar-refractivity contribution in [3.63, 3.8) is 0 Å². The first-order valence-electron chi connectivity index (χ1n) is 3.77. The molecule has 0 aliphatic heterocycles. The molecule has 0 aromatic carbocycles. The molecular weight excluding hydrogens is 171 g/mol. The van der Waals surface area contributed by atoms with Crippen LogP contribution in [0.5, 0.6) is 0 Å². The molecule has 0 atom stereocenters. The van der Waals surface area contributed by atoms with E-state index in [1.54, 1.807) is 13.0 Å². The van der Waals surface area contributed by atoms with Gasteiger partial charge in [-0.3, -0.25) is 4.79 Å². The van der Waals surface area contributed by atoms with Crippen LogP contribution in [-0.4, -0.2) is 10.9 Å². The summed E-state index contributed by atoms with van der Waals surface area (Å²) in [6.45, 7) is 1.74. The molecule has 1 aromatic heterocycles. The number of rotatable bonds is 2. The molecule has 3 nitrogen and oxygen atoms in total. The average Bonchev–Trinajstić information content (AvgIpc) is 2.09. The van der Waals surface area contributed by atoms with Crippen molar-refractivity contribution in [3.8, 4) is 0 Å². The summed E-state index contributed by atoms with van der Waals surface area (Å²) in [4.78, 5) is 14.4. The summed E-state index contributed by atoms with van der Waals surface area (Å²) in [6, 6.07) is 2.63. The van der Waals surface area contributed by atoms with E-state index >= 15 is 0 Å². The first-order valence-corrected chi connectivity index (χ1v) is 3.77. The Morgan fingerprint density at radius 1 is 1.62 bits per heavy atom. The third-order valence-corrected chi connectivity index (χ3v) is 1.31. The molecule has 68 valence electrons. The number of carbonyl (C=O) groups is 1. The Balaban J connectivity index is 2.64. The van der Waals surface area contributed by atoms with Crippen LogP contribution in [0.4, 0.5) is 10.1 Å². The van der Waals surface area contributed by atoms with Crippen molar-refractivity contribution in [2.24, 2.45) is 0 Å². The Kier molecular flexibility index (Phi) is 3.14. The van der Waals surface area contributed by atoms with Crippen molar-refractivity contribution in [2.45, 2.75) is 6.92 Å².